The Kier molecular flexibility index (Phi) is 5.29. The van der Waals surface area contributed by atoms with Gasteiger partial charge in [0.25, 0.3) is 5.91 Å². The Labute approximate surface area is 130 Å². The largest absolute Gasteiger partial charge is 0.383 e. The first kappa shape index (κ1) is 15.7. The van der Waals surface area contributed by atoms with Crippen molar-refractivity contribution in [3.05, 3.63) is 59.7 Å². The van der Waals surface area contributed by atoms with Crippen LogP contribution >= 0.6 is 0 Å². The van der Waals surface area contributed by atoms with Gasteiger partial charge in [0.2, 0.25) is 0 Å². The van der Waals surface area contributed by atoms with Crippen molar-refractivity contribution < 1.29 is 9.53 Å². The van der Waals surface area contributed by atoms with Crippen molar-refractivity contribution in [2.45, 2.75) is 13.0 Å². The number of ether oxygens (including phenoxy) is 1. The van der Waals surface area contributed by atoms with Crippen molar-refractivity contribution in [1.29, 1.82) is 5.26 Å². The Morgan fingerprint density at radius 2 is 1.82 bits per heavy atom. The SMILES string of the molecule is COCC(C)NC(=O)c1ccccc1-c1ccccc1C#N. The van der Waals surface area contributed by atoms with Gasteiger partial charge in [0.1, 0.15) is 0 Å². The number of nitrogens with one attached hydrogen (secondary N) is 1. The predicted octanol–water partition coefficient (Wildman–Crippen LogP) is 2.99. The highest BCUT2D eigenvalue weighted by molar-refractivity contribution is 6.01. The quantitative estimate of drug-likeness (QED) is 0.922. The summed E-state index contributed by atoms with van der Waals surface area (Å²) in [5.74, 6) is -0.173. The van der Waals surface area contributed by atoms with Gasteiger partial charge in [0.15, 0.2) is 0 Å². The van der Waals surface area contributed by atoms with Crippen molar-refractivity contribution in [3.63, 3.8) is 0 Å². The molecule has 1 N–H and O–H groups in total. The van der Waals surface area contributed by atoms with E-state index in [4.69, 9.17) is 4.74 Å². The Morgan fingerprint density at radius 3 is 2.50 bits per heavy atom. The second kappa shape index (κ2) is 7.39. The van der Waals surface area contributed by atoms with Crippen molar-refractivity contribution >= 4 is 5.91 Å². The number of hydrogen-bond donors (Lipinski definition) is 1. The van der Waals surface area contributed by atoms with E-state index in [1.54, 1.807) is 19.2 Å². The minimum absolute atomic E-state index is 0.0863. The molecular weight excluding hydrogens is 276 g/mol. The van der Waals surface area contributed by atoms with Gasteiger partial charge < -0.3 is 10.1 Å². The zero-order chi connectivity index (χ0) is 15.9. The van der Waals surface area contributed by atoms with E-state index in [-0.39, 0.29) is 11.9 Å². The number of benzene rings is 2. The van der Waals surface area contributed by atoms with Crippen molar-refractivity contribution in [2.75, 3.05) is 13.7 Å². The highest BCUT2D eigenvalue weighted by Crippen LogP contribution is 2.26. The summed E-state index contributed by atoms with van der Waals surface area (Å²) in [5.41, 5.74) is 2.61. The summed E-state index contributed by atoms with van der Waals surface area (Å²) in [6.45, 7) is 2.33. The fraction of sp³-hybridized carbons (Fsp3) is 0.222. The van der Waals surface area contributed by atoms with E-state index in [9.17, 15) is 10.1 Å². The topological polar surface area (TPSA) is 62.1 Å². The molecule has 0 saturated heterocycles. The Bertz CT molecular complexity index is 704. The molecule has 2 rings (SSSR count). The average molecular weight is 294 g/mol. The van der Waals surface area contributed by atoms with E-state index in [2.05, 4.69) is 11.4 Å². The molecule has 112 valence electrons. The molecule has 0 aliphatic carbocycles. The monoisotopic (exact) mass is 294 g/mol. The number of rotatable bonds is 5. The second-order valence-corrected chi connectivity index (χ2v) is 5.03. The fourth-order valence-corrected chi connectivity index (χ4v) is 2.32. The minimum Gasteiger partial charge on any atom is -0.383 e. The van der Waals surface area contributed by atoms with Crippen LogP contribution in [-0.4, -0.2) is 25.7 Å². The summed E-state index contributed by atoms with van der Waals surface area (Å²) in [7, 11) is 1.60. The lowest BCUT2D eigenvalue weighted by Crippen LogP contribution is -2.35. The van der Waals surface area contributed by atoms with Gasteiger partial charge in [0.05, 0.1) is 18.2 Å². The van der Waals surface area contributed by atoms with Gasteiger partial charge in [-0.15, -0.1) is 0 Å². The molecule has 22 heavy (non-hydrogen) atoms. The number of methoxy groups -OCH3 is 1. The van der Waals surface area contributed by atoms with Gasteiger partial charge in [-0.3, -0.25) is 4.79 Å². The van der Waals surface area contributed by atoms with E-state index in [1.807, 2.05) is 43.3 Å². The van der Waals surface area contributed by atoms with Crippen LogP contribution in [0.5, 0.6) is 0 Å². The number of nitrogens with zero attached hydrogens (tertiary/aromatic N) is 1. The normalized spacial score (nSPS) is 11.5. The minimum atomic E-state index is -0.173. The first-order valence-corrected chi connectivity index (χ1v) is 7.05. The summed E-state index contributed by atoms with van der Waals surface area (Å²) < 4.78 is 5.03. The van der Waals surface area contributed by atoms with Gasteiger partial charge >= 0.3 is 0 Å². The Balaban J connectivity index is 2.39. The average Bonchev–Trinajstić information content (AvgIpc) is 2.55. The van der Waals surface area contributed by atoms with E-state index in [0.717, 1.165) is 11.1 Å². The van der Waals surface area contributed by atoms with Crippen LogP contribution in [-0.2, 0) is 4.74 Å². The van der Waals surface area contributed by atoms with Crippen LogP contribution in [0.15, 0.2) is 48.5 Å². The highest BCUT2D eigenvalue weighted by Gasteiger charge is 2.16. The zero-order valence-electron chi connectivity index (χ0n) is 12.7. The first-order chi connectivity index (χ1) is 10.7. The lowest BCUT2D eigenvalue weighted by molar-refractivity contribution is 0.0906. The Hall–Kier alpha value is -2.64. The van der Waals surface area contributed by atoms with Crippen molar-refractivity contribution in [3.8, 4) is 17.2 Å². The number of carbonyl (C=O) groups is 1. The van der Waals surface area contributed by atoms with Crippen LogP contribution in [0.1, 0.15) is 22.8 Å². The maximum atomic E-state index is 12.5. The molecule has 0 radical (unpaired) electrons. The molecule has 0 spiro atoms. The summed E-state index contributed by atoms with van der Waals surface area (Å²) >= 11 is 0. The summed E-state index contributed by atoms with van der Waals surface area (Å²) in [6, 6.07) is 16.6. The van der Waals surface area contributed by atoms with Gasteiger partial charge in [0, 0.05) is 24.3 Å². The van der Waals surface area contributed by atoms with E-state index >= 15 is 0 Å². The van der Waals surface area contributed by atoms with E-state index in [1.165, 1.54) is 0 Å². The molecule has 1 amide bonds. The van der Waals surface area contributed by atoms with Crippen molar-refractivity contribution in [2.24, 2.45) is 0 Å². The van der Waals surface area contributed by atoms with Crippen LogP contribution in [0.4, 0.5) is 0 Å². The molecule has 0 bridgehead atoms. The van der Waals surface area contributed by atoms with Gasteiger partial charge in [-0.2, -0.15) is 5.26 Å². The van der Waals surface area contributed by atoms with Crippen molar-refractivity contribution in [1.82, 2.24) is 5.32 Å². The Morgan fingerprint density at radius 1 is 1.18 bits per heavy atom. The van der Waals surface area contributed by atoms with Crippen LogP contribution in [0.25, 0.3) is 11.1 Å². The lowest BCUT2D eigenvalue weighted by Gasteiger charge is -2.15. The van der Waals surface area contributed by atoms with E-state index in [0.29, 0.717) is 17.7 Å². The number of hydrogen-bond acceptors (Lipinski definition) is 3. The lowest BCUT2D eigenvalue weighted by atomic mass is 9.95. The smallest absolute Gasteiger partial charge is 0.252 e. The highest BCUT2D eigenvalue weighted by atomic mass is 16.5. The third-order valence-corrected chi connectivity index (χ3v) is 3.30. The zero-order valence-corrected chi connectivity index (χ0v) is 12.7. The molecule has 4 heteroatoms. The molecule has 0 aliphatic rings. The molecule has 0 aliphatic heterocycles. The number of amides is 1. The van der Waals surface area contributed by atoms with Crippen LogP contribution in [0.3, 0.4) is 0 Å². The molecule has 0 aromatic heterocycles. The molecule has 2 aromatic carbocycles. The molecule has 2 aromatic rings. The third-order valence-electron chi connectivity index (χ3n) is 3.30. The maximum Gasteiger partial charge on any atom is 0.252 e. The molecule has 0 fully saturated rings. The molecule has 1 unspecified atom stereocenters. The molecular formula is C18H18N2O2. The van der Waals surface area contributed by atoms with Crippen LogP contribution in [0.2, 0.25) is 0 Å². The summed E-state index contributed by atoms with van der Waals surface area (Å²) in [5, 5.41) is 12.2. The molecule has 4 nitrogen and oxygen atoms in total. The molecule has 0 saturated carbocycles. The number of carbonyl (C=O) groups excluding carboxylic acids is 1. The van der Waals surface area contributed by atoms with Gasteiger partial charge in [-0.05, 0) is 24.6 Å². The number of nitriles is 1. The molecule has 0 heterocycles. The van der Waals surface area contributed by atoms with Gasteiger partial charge in [-0.25, -0.2) is 0 Å². The standard InChI is InChI=1S/C18H18N2O2/c1-13(12-22-2)20-18(21)17-10-6-5-9-16(17)15-8-4-3-7-14(15)11-19/h3-10,13H,12H2,1-2H3,(H,20,21). The van der Waals surface area contributed by atoms with Crippen LogP contribution < -0.4 is 5.32 Å². The molecule has 1 atom stereocenters. The van der Waals surface area contributed by atoms with Crippen LogP contribution in [0, 0.1) is 11.3 Å². The summed E-state index contributed by atoms with van der Waals surface area (Å²) in [4.78, 5) is 12.5. The summed E-state index contributed by atoms with van der Waals surface area (Å²) in [6.07, 6.45) is 0. The van der Waals surface area contributed by atoms with E-state index < -0.39 is 0 Å². The van der Waals surface area contributed by atoms with Gasteiger partial charge in [-0.1, -0.05) is 36.4 Å². The third kappa shape index (κ3) is 3.51. The first-order valence-electron chi connectivity index (χ1n) is 7.05. The maximum absolute atomic E-state index is 12.5. The predicted molar refractivity (Wildman–Crippen MR) is 85.4 cm³/mol. The second-order valence-electron chi connectivity index (χ2n) is 5.03. The fourth-order valence-electron chi connectivity index (χ4n) is 2.32.